The van der Waals surface area contributed by atoms with E-state index in [1.807, 2.05) is 57.1 Å². The molecule has 3 aliphatic carbocycles. The minimum Gasteiger partial charge on any atom is -0.508 e. The summed E-state index contributed by atoms with van der Waals surface area (Å²) in [5, 5.41) is 46.7. The van der Waals surface area contributed by atoms with Crippen LogP contribution in [0.2, 0.25) is 0 Å². The molecule has 10 heteroatoms. The second-order valence-electron chi connectivity index (χ2n) is 12.6. The number of phenolic OH excluding ortho intramolecular Hbond substituents is 1. The number of Topliss-reactive ketones (excluding diaryl/α,β-unsaturated/α-hetero) is 2. The van der Waals surface area contributed by atoms with Crippen LogP contribution in [0.4, 0.5) is 5.69 Å². The zero-order valence-corrected chi connectivity index (χ0v) is 24.9. The fourth-order valence-corrected chi connectivity index (χ4v) is 7.62. The Morgan fingerprint density at radius 1 is 1.00 bits per heavy atom. The Morgan fingerprint density at radius 3 is 2.12 bits per heavy atom. The van der Waals surface area contributed by atoms with Crippen molar-refractivity contribution in [3.8, 4) is 16.9 Å². The number of amides is 1. The zero-order chi connectivity index (χ0) is 31.2. The van der Waals surface area contributed by atoms with E-state index in [9.17, 15) is 34.8 Å². The van der Waals surface area contributed by atoms with Crippen LogP contribution in [-0.2, 0) is 20.8 Å². The highest BCUT2D eigenvalue weighted by Crippen LogP contribution is 2.59. The third kappa shape index (κ3) is 3.74. The number of phenols is 1. The van der Waals surface area contributed by atoms with E-state index in [4.69, 9.17) is 5.73 Å². The van der Waals surface area contributed by atoms with Gasteiger partial charge in [0, 0.05) is 36.3 Å². The summed E-state index contributed by atoms with van der Waals surface area (Å²) in [6.45, 7) is 5.41. The first-order valence-electron chi connectivity index (χ1n) is 13.8. The monoisotopic (exact) mass is 575 g/mol. The van der Waals surface area contributed by atoms with Gasteiger partial charge < -0.3 is 31.1 Å². The van der Waals surface area contributed by atoms with Gasteiger partial charge in [-0.05, 0) is 63.9 Å². The maximum absolute atomic E-state index is 14.3. The number of nitrogens with two attached hydrogens (primary N) is 1. The number of hydrogen-bond acceptors (Lipinski definition) is 9. The molecule has 1 saturated carbocycles. The molecule has 222 valence electrons. The highest BCUT2D eigenvalue weighted by Gasteiger charge is 2.70. The van der Waals surface area contributed by atoms with Crippen molar-refractivity contribution in [1.29, 1.82) is 0 Å². The van der Waals surface area contributed by atoms with Crippen LogP contribution in [0, 0.1) is 25.2 Å². The molecular weight excluding hydrogens is 538 g/mol. The molecule has 0 heterocycles. The lowest BCUT2D eigenvalue weighted by Gasteiger charge is -2.57. The highest BCUT2D eigenvalue weighted by atomic mass is 16.3. The maximum Gasteiger partial charge on any atom is 0.255 e. The van der Waals surface area contributed by atoms with Gasteiger partial charge in [-0.25, -0.2) is 0 Å². The third-order valence-corrected chi connectivity index (χ3v) is 9.26. The van der Waals surface area contributed by atoms with Gasteiger partial charge in [-0.3, -0.25) is 19.3 Å². The number of carbonyl (C=O) groups excluding carboxylic acids is 3. The van der Waals surface area contributed by atoms with Gasteiger partial charge >= 0.3 is 0 Å². The SMILES string of the molecule is Cc1cc(C)cc(-c2cc(N(C)C)c3c(c2O)C(O)=C2C(=O)[C@]4(O)C(O)=C(C(N)=O)C(=O)[C@@H](N(C)C)[C@]4(C)C[C@@H]2C3)c1. The predicted molar refractivity (Wildman–Crippen MR) is 158 cm³/mol. The van der Waals surface area contributed by atoms with Crippen LogP contribution in [0.15, 0.2) is 41.2 Å². The Bertz CT molecular complexity index is 1630. The average Bonchev–Trinajstić information content (AvgIpc) is 2.85. The fourth-order valence-electron chi connectivity index (χ4n) is 7.62. The topological polar surface area (TPSA) is 165 Å². The minimum absolute atomic E-state index is 0.00518. The average molecular weight is 576 g/mol. The summed E-state index contributed by atoms with van der Waals surface area (Å²) in [7, 11) is 6.84. The van der Waals surface area contributed by atoms with Crippen LogP contribution < -0.4 is 10.6 Å². The number of aromatic hydroxyl groups is 1. The van der Waals surface area contributed by atoms with Crippen molar-refractivity contribution < 1.29 is 34.8 Å². The first kappa shape index (κ1) is 29.3. The van der Waals surface area contributed by atoms with Gasteiger partial charge in [0.15, 0.2) is 11.4 Å². The normalized spacial score (nSPS) is 27.2. The predicted octanol–water partition coefficient (Wildman–Crippen LogP) is 2.70. The molecule has 0 aliphatic heterocycles. The number of hydrogen-bond donors (Lipinski definition) is 5. The van der Waals surface area contributed by atoms with Crippen LogP contribution in [0.25, 0.3) is 16.9 Å². The molecule has 2 aromatic carbocycles. The smallest absolute Gasteiger partial charge is 0.255 e. The van der Waals surface area contributed by atoms with Gasteiger partial charge in [0.1, 0.15) is 22.8 Å². The Morgan fingerprint density at radius 2 is 1.60 bits per heavy atom. The lowest BCUT2D eigenvalue weighted by molar-refractivity contribution is -0.171. The summed E-state index contributed by atoms with van der Waals surface area (Å²) >= 11 is 0. The lowest BCUT2D eigenvalue weighted by Crippen LogP contribution is -2.71. The van der Waals surface area contributed by atoms with Gasteiger partial charge in [-0.1, -0.05) is 36.2 Å². The van der Waals surface area contributed by atoms with Gasteiger partial charge in [-0.2, -0.15) is 0 Å². The summed E-state index contributed by atoms with van der Waals surface area (Å²) < 4.78 is 0. The fraction of sp³-hybridized carbons (Fsp3) is 0.406. The molecule has 5 rings (SSSR count). The number of nitrogens with zero attached hydrogens (tertiary/aromatic N) is 2. The Labute approximate surface area is 244 Å². The molecule has 0 unspecified atom stereocenters. The van der Waals surface area contributed by atoms with Gasteiger partial charge in [0.05, 0.1) is 11.6 Å². The van der Waals surface area contributed by atoms with E-state index >= 15 is 0 Å². The summed E-state index contributed by atoms with van der Waals surface area (Å²) in [5.74, 6) is -5.62. The molecule has 6 N–H and O–H groups in total. The highest BCUT2D eigenvalue weighted by molar-refractivity contribution is 6.25. The quantitative estimate of drug-likeness (QED) is 0.345. The van der Waals surface area contributed by atoms with E-state index in [2.05, 4.69) is 0 Å². The van der Waals surface area contributed by atoms with E-state index in [0.717, 1.165) is 22.4 Å². The second kappa shape index (κ2) is 9.43. The molecule has 0 bridgehead atoms. The van der Waals surface area contributed by atoms with Crippen molar-refractivity contribution in [2.45, 2.75) is 45.3 Å². The molecular formula is C32H37N3O7. The van der Waals surface area contributed by atoms with E-state index in [1.165, 1.54) is 11.8 Å². The molecule has 0 saturated heterocycles. The first-order valence-corrected chi connectivity index (χ1v) is 13.8. The van der Waals surface area contributed by atoms with E-state index in [1.54, 1.807) is 14.1 Å². The van der Waals surface area contributed by atoms with Gasteiger partial charge in [0.2, 0.25) is 5.78 Å². The van der Waals surface area contributed by atoms with Crippen molar-refractivity contribution in [3.63, 3.8) is 0 Å². The lowest BCUT2D eigenvalue weighted by atomic mass is 9.50. The molecule has 1 amide bonds. The largest absolute Gasteiger partial charge is 0.508 e. The number of benzene rings is 2. The van der Waals surface area contributed by atoms with Crippen LogP contribution in [0.5, 0.6) is 5.75 Å². The van der Waals surface area contributed by atoms with Crippen molar-refractivity contribution in [2.75, 3.05) is 33.1 Å². The number of primary amides is 1. The summed E-state index contributed by atoms with van der Waals surface area (Å²) in [6.07, 6.45) is 0.215. The van der Waals surface area contributed by atoms with Crippen LogP contribution >= 0.6 is 0 Å². The van der Waals surface area contributed by atoms with Crippen LogP contribution in [0.1, 0.15) is 35.6 Å². The molecule has 10 nitrogen and oxygen atoms in total. The van der Waals surface area contributed by atoms with Crippen molar-refractivity contribution in [3.05, 3.63) is 63.4 Å². The molecule has 42 heavy (non-hydrogen) atoms. The summed E-state index contributed by atoms with van der Waals surface area (Å²) in [4.78, 5) is 43.5. The first-order chi connectivity index (χ1) is 19.5. The standard InChI is InChI=1S/C32H37N3O7/c1-14-8-15(2)10-16(9-14)18-12-20(34(4)5)19-11-17-13-31(3)27(35(6)7)26(38)23(30(33)41)29(40)32(31,42)28(39)21(17)25(37)22(19)24(18)36/h8-10,12,17,27,36-37,40,42H,11,13H2,1-7H3,(H2,33,41)/t17-,27+,31-,32-/m0/s1. The summed E-state index contributed by atoms with van der Waals surface area (Å²) in [5.41, 5.74) is 4.65. The zero-order valence-electron chi connectivity index (χ0n) is 24.9. The van der Waals surface area contributed by atoms with Crippen molar-refractivity contribution >= 4 is 28.9 Å². The van der Waals surface area contributed by atoms with Crippen molar-refractivity contribution in [1.82, 2.24) is 4.90 Å². The molecule has 3 aliphatic rings. The number of ketones is 2. The molecule has 1 fully saturated rings. The summed E-state index contributed by atoms with van der Waals surface area (Å²) in [6, 6.07) is 6.51. The molecule has 0 spiro atoms. The molecule has 4 atom stereocenters. The number of rotatable bonds is 4. The number of carbonyl (C=O) groups is 3. The van der Waals surface area contributed by atoms with E-state index in [-0.39, 0.29) is 29.7 Å². The van der Waals surface area contributed by atoms with Crippen LogP contribution in [0.3, 0.4) is 0 Å². The number of aliphatic hydroxyl groups excluding tert-OH is 2. The second-order valence-corrected chi connectivity index (χ2v) is 12.6. The van der Waals surface area contributed by atoms with Crippen LogP contribution in [-0.4, -0.2) is 82.6 Å². The molecule has 0 radical (unpaired) electrons. The van der Waals surface area contributed by atoms with Gasteiger partial charge in [0.25, 0.3) is 5.91 Å². The number of anilines is 1. The Hall–Kier alpha value is -4.15. The number of aliphatic hydroxyl groups is 3. The number of aryl methyl sites for hydroxylation is 2. The number of fused-ring (bicyclic) bond motifs is 3. The molecule has 0 aromatic heterocycles. The van der Waals surface area contributed by atoms with E-state index < -0.39 is 57.5 Å². The third-order valence-electron chi connectivity index (χ3n) is 9.26. The number of likely N-dealkylation sites (N-methyl/N-ethyl adjacent to an activating group) is 1. The molecule has 2 aromatic rings. The van der Waals surface area contributed by atoms with Gasteiger partial charge in [-0.15, -0.1) is 0 Å². The minimum atomic E-state index is -2.73. The maximum atomic E-state index is 14.3. The van der Waals surface area contributed by atoms with Crippen molar-refractivity contribution in [2.24, 2.45) is 17.1 Å². The Kier molecular flexibility index (Phi) is 6.59. The van der Waals surface area contributed by atoms with E-state index in [0.29, 0.717) is 11.1 Å². The Balaban J connectivity index is 1.82.